The minimum Gasteiger partial charge on any atom is -0.508 e. The molecule has 0 aromatic heterocycles. The molecule has 4 unspecified atom stereocenters. The molecule has 0 saturated carbocycles. The highest BCUT2D eigenvalue weighted by Gasteiger charge is 2.31. The quantitative estimate of drug-likeness (QED) is 0.182. The van der Waals surface area contributed by atoms with E-state index in [9.17, 15) is 34.5 Å². The summed E-state index contributed by atoms with van der Waals surface area (Å²) in [5.41, 5.74) is 7.45. The number of aromatic hydroxyl groups is 2. The van der Waals surface area contributed by atoms with Crippen LogP contribution in [0.1, 0.15) is 45.2 Å². The summed E-state index contributed by atoms with van der Waals surface area (Å²) >= 11 is 0. The highest BCUT2D eigenvalue weighted by Crippen LogP contribution is 2.14. The molecule has 0 fully saturated rings. The Bertz CT molecular complexity index is 1150. The van der Waals surface area contributed by atoms with Gasteiger partial charge in [0, 0.05) is 6.42 Å². The van der Waals surface area contributed by atoms with Crippen molar-refractivity contribution in [3.8, 4) is 11.5 Å². The van der Waals surface area contributed by atoms with Crippen LogP contribution in [0.2, 0.25) is 0 Å². The molecular formula is C29H40N4O7. The normalized spacial score (nSPS) is 14.2. The van der Waals surface area contributed by atoms with E-state index in [1.54, 1.807) is 38.1 Å². The molecule has 3 amide bonds. The molecule has 0 spiro atoms. The van der Waals surface area contributed by atoms with E-state index < -0.39 is 53.8 Å². The Labute approximate surface area is 234 Å². The third-order valence-corrected chi connectivity index (χ3v) is 6.31. The second kappa shape index (κ2) is 14.9. The first kappa shape index (κ1) is 32.1. The number of nitrogens with one attached hydrogen (secondary N) is 3. The van der Waals surface area contributed by atoms with Crippen LogP contribution in [0.3, 0.4) is 0 Å². The molecule has 0 radical (unpaired) electrons. The third kappa shape index (κ3) is 10.2. The van der Waals surface area contributed by atoms with Crippen molar-refractivity contribution in [1.29, 1.82) is 0 Å². The van der Waals surface area contributed by atoms with Crippen LogP contribution >= 0.6 is 0 Å². The first-order chi connectivity index (χ1) is 18.8. The fraction of sp³-hybridized carbons (Fsp3) is 0.448. The molecule has 2 aromatic carbocycles. The Morgan fingerprint density at radius 3 is 1.60 bits per heavy atom. The molecule has 11 nitrogen and oxygen atoms in total. The topological polar surface area (TPSA) is 191 Å². The monoisotopic (exact) mass is 556 g/mol. The van der Waals surface area contributed by atoms with Gasteiger partial charge in [0.25, 0.3) is 0 Å². The van der Waals surface area contributed by atoms with Crippen molar-refractivity contribution in [1.82, 2.24) is 16.0 Å². The number of hydrogen-bond acceptors (Lipinski definition) is 7. The standard InChI is InChI=1S/C29H40N4O7/c1-16(2)13-23(31-26(36)22(30)14-18-5-9-20(34)10-6-18)27(37)32-24(15-19-7-11-21(35)12-8-19)28(38)33-25(17(3)4)29(39)40/h5-12,16-17,22-25,34-35H,13-15,30H2,1-4H3,(H,31,36)(H,32,37)(H,33,38)(H,39,40). The van der Waals surface area contributed by atoms with E-state index in [0.717, 1.165) is 5.56 Å². The minimum absolute atomic E-state index is 0.00563. The zero-order chi connectivity index (χ0) is 30.0. The van der Waals surface area contributed by atoms with Gasteiger partial charge >= 0.3 is 5.97 Å². The molecule has 0 aliphatic heterocycles. The summed E-state index contributed by atoms with van der Waals surface area (Å²) < 4.78 is 0. The number of carbonyl (C=O) groups is 4. The van der Waals surface area contributed by atoms with Crippen LogP contribution in [0.25, 0.3) is 0 Å². The van der Waals surface area contributed by atoms with E-state index >= 15 is 0 Å². The largest absolute Gasteiger partial charge is 0.508 e. The molecule has 11 heteroatoms. The number of benzene rings is 2. The van der Waals surface area contributed by atoms with Crippen LogP contribution in [0, 0.1) is 11.8 Å². The molecule has 0 heterocycles. The number of rotatable bonds is 14. The number of aliphatic carboxylic acids is 1. The number of phenolic OH excluding ortho intramolecular Hbond substituents is 2. The molecule has 0 aliphatic carbocycles. The van der Waals surface area contributed by atoms with Crippen molar-refractivity contribution in [3.05, 3.63) is 59.7 Å². The molecule has 0 bridgehead atoms. The maximum Gasteiger partial charge on any atom is 0.326 e. The van der Waals surface area contributed by atoms with Gasteiger partial charge in [0.05, 0.1) is 6.04 Å². The van der Waals surface area contributed by atoms with E-state index in [4.69, 9.17) is 5.73 Å². The fourth-order valence-corrected chi connectivity index (χ4v) is 4.08. The summed E-state index contributed by atoms with van der Waals surface area (Å²) in [6, 6.07) is 8.04. The van der Waals surface area contributed by atoms with Gasteiger partial charge in [-0.25, -0.2) is 4.79 Å². The molecular weight excluding hydrogens is 516 g/mol. The van der Waals surface area contributed by atoms with Gasteiger partial charge in [-0.15, -0.1) is 0 Å². The lowest BCUT2D eigenvalue weighted by Crippen LogP contribution is -2.58. The van der Waals surface area contributed by atoms with Gasteiger partial charge in [-0.05, 0) is 60.1 Å². The highest BCUT2D eigenvalue weighted by atomic mass is 16.4. The number of carbonyl (C=O) groups excluding carboxylic acids is 3. The molecule has 0 aliphatic rings. The van der Waals surface area contributed by atoms with Crippen molar-refractivity contribution in [2.24, 2.45) is 17.6 Å². The van der Waals surface area contributed by atoms with E-state index in [-0.39, 0.29) is 36.7 Å². The second-order valence-corrected chi connectivity index (χ2v) is 10.7. The van der Waals surface area contributed by atoms with Crippen LogP contribution in [0.15, 0.2) is 48.5 Å². The molecule has 40 heavy (non-hydrogen) atoms. The molecule has 8 N–H and O–H groups in total. The summed E-state index contributed by atoms with van der Waals surface area (Å²) in [5.74, 6) is -3.35. The van der Waals surface area contributed by atoms with Crippen molar-refractivity contribution < 1.29 is 34.5 Å². The van der Waals surface area contributed by atoms with Crippen molar-refractivity contribution >= 4 is 23.7 Å². The number of carboxylic acid groups (broad SMARTS) is 1. The van der Waals surface area contributed by atoms with Gasteiger partial charge in [0.15, 0.2) is 0 Å². The highest BCUT2D eigenvalue weighted by molar-refractivity contribution is 5.94. The van der Waals surface area contributed by atoms with E-state index in [1.165, 1.54) is 24.3 Å². The lowest BCUT2D eigenvalue weighted by molar-refractivity contribution is -0.143. The van der Waals surface area contributed by atoms with Gasteiger partial charge in [-0.2, -0.15) is 0 Å². The van der Waals surface area contributed by atoms with Crippen molar-refractivity contribution in [3.63, 3.8) is 0 Å². The van der Waals surface area contributed by atoms with Crippen LogP contribution < -0.4 is 21.7 Å². The number of hydrogen-bond donors (Lipinski definition) is 7. The summed E-state index contributed by atoms with van der Waals surface area (Å²) in [6.07, 6.45) is 0.464. The number of phenols is 2. The minimum atomic E-state index is -1.20. The van der Waals surface area contributed by atoms with Crippen LogP contribution in [-0.2, 0) is 32.0 Å². The molecule has 0 saturated heterocycles. The molecule has 2 rings (SSSR count). The Hall–Kier alpha value is -4.12. The summed E-state index contributed by atoms with van der Waals surface area (Å²) in [7, 11) is 0. The van der Waals surface area contributed by atoms with Gasteiger partial charge in [0.1, 0.15) is 29.6 Å². The van der Waals surface area contributed by atoms with Crippen molar-refractivity contribution in [2.45, 2.75) is 71.1 Å². The van der Waals surface area contributed by atoms with E-state index in [1.807, 2.05) is 13.8 Å². The first-order valence-electron chi connectivity index (χ1n) is 13.2. The van der Waals surface area contributed by atoms with Crippen molar-refractivity contribution in [2.75, 3.05) is 0 Å². The smallest absolute Gasteiger partial charge is 0.326 e. The molecule has 4 atom stereocenters. The van der Waals surface area contributed by atoms with E-state index in [2.05, 4.69) is 16.0 Å². The summed E-state index contributed by atoms with van der Waals surface area (Å²) in [6.45, 7) is 7.07. The number of nitrogens with two attached hydrogens (primary N) is 1. The van der Waals surface area contributed by atoms with E-state index in [0.29, 0.717) is 5.56 Å². The first-order valence-corrected chi connectivity index (χ1v) is 13.2. The van der Waals surface area contributed by atoms with Gasteiger partial charge in [-0.1, -0.05) is 52.0 Å². The summed E-state index contributed by atoms with van der Waals surface area (Å²) in [4.78, 5) is 51.2. The molecule has 218 valence electrons. The van der Waals surface area contributed by atoms with Crippen LogP contribution in [0.4, 0.5) is 0 Å². The SMILES string of the molecule is CC(C)CC(NC(=O)C(N)Cc1ccc(O)cc1)C(=O)NC(Cc1ccc(O)cc1)C(=O)NC(C(=O)O)C(C)C. The third-order valence-electron chi connectivity index (χ3n) is 6.31. The zero-order valence-corrected chi connectivity index (χ0v) is 23.3. The Morgan fingerprint density at radius 1 is 0.700 bits per heavy atom. The van der Waals surface area contributed by atoms with Gasteiger partial charge < -0.3 is 37.0 Å². The maximum absolute atomic E-state index is 13.4. The number of carboxylic acids is 1. The Balaban J connectivity index is 2.22. The predicted molar refractivity (Wildman–Crippen MR) is 149 cm³/mol. The Kier molecular flexibility index (Phi) is 11.9. The average molecular weight is 557 g/mol. The predicted octanol–water partition coefficient (Wildman–Crippen LogP) is 1.45. The maximum atomic E-state index is 13.4. The Morgan fingerprint density at radius 2 is 1.15 bits per heavy atom. The van der Waals surface area contributed by atoms with Gasteiger partial charge in [-0.3, -0.25) is 14.4 Å². The zero-order valence-electron chi connectivity index (χ0n) is 23.3. The second-order valence-electron chi connectivity index (χ2n) is 10.7. The van der Waals surface area contributed by atoms with Crippen LogP contribution in [-0.4, -0.2) is 63.2 Å². The van der Waals surface area contributed by atoms with Crippen LogP contribution in [0.5, 0.6) is 11.5 Å². The summed E-state index contributed by atoms with van der Waals surface area (Å²) in [5, 5.41) is 36.5. The lowest BCUT2D eigenvalue weighted by atomic mass is 9.99. The average Bonchev–Trinajstić information content (AvgIpc) is 2.88. The molecule has 2 aromatic rings. The number of amides is 3. The fourth-order valence-electron chi connectivity index (χ4n) is 4.08. The lowest BCUT2D eigenvalue weighted by Gasteiger charge is -2.27. The van der Waals surface area contributed by atoms with Gasteiger partial charge in [0.2, 0.25) is 17.7 Å².